The second-order valence-electron chi connectivity index (χ2n) is 4.80. The maximum atomic E-state index is 11.6. The van der Waals surface area contributed by atoms with Crippen molar-refractivity contribution in [3.8, 4) is 0 Å². The number of nitrogens with one attached hydrogen (secondary N) is 1. The van der Waals surface area contributed by atoms with Gasteiger partial charge < -0.3 is 5.32 Å². The van der Waals surface area contributed by atoms with Crippen LogP contribution in [-0.2, 0) is 16.4 Å². The number of hydrogen-bond donors (Lipinski definition) is 1. The summed E-state index contributed by atoms with van der Waals surface area (Å²) in [4.78, 5) is 2.58. The van der Waals surface area contributed by atoms with Crippen molar-refractivity contribution in [2.75, 3.05) is 6.26 Å². The standard InChI is InChI=1S/C12H19NO2S2/c1-9-6-7-10(16-9)8-13-11-4-3-5-12(11)17(2,14)15/h6-7,11-13H,3-5,8H2,1-2H3. The molecule has 17 heavy (non-hydrogen) atoms. The summed E-state index contributed by atoms with van der Waals surface area (Å²) in [6, 6.07) is 4.34. The summed E-state index contributed by atoms with van der Waals surface area (Å²) in [5.74, 6) is 0. The molecule has 1 aliphatic rings. The maximum Gasteiger partial charge on any atom is 0.151 e. The van der Waals surface area contributed by atoms with Crippen molar-refractivity contribution in [1.29, 1.82) is 0 Å². The Bertz CT molecular complexity index is 478. The summed E-state index contributed by atoms with van der Waals surface area (Å²) in [5, 5.41) is 3.21. The SMILES string of the molecule is Cc1ccc(CNC2CCCC2S(C)(=O)=O)s1. The quantitative estimate of drug-likeness (QED) is 0.914. The minimum atomic E-state index is -2.91. The van der Waals surface area contributed by atoms with Crippen LogP contribution in [0.4, 0.5) is 0 Å². The van der Waals surface area contributed by atoms with Gasteiger partial charge in [0.05, 0.1) is 5.25 Å². The van der Waals surface area contributed by atoms with Gasteiger partial charge in [-0.15, -0.1) is 11.3 Å². The van der Waals surface area contributed by atoms with Crippen LogP contribution in [0.2, 0.25) is 0 Å². The Morgan fingerprint density at radius 3 is 2.76 bits per heavy atom. The molecule has 1 heterocycles. The number of rotatable bonds is 4. The molecule has 3 nitrogen and oxygen atoms in total. The molecule has 0 radical (unpaired) electrons. The lowest BCUT2D eigenvalue weighted by Gasteiger charge is -2.19. The molecule has 1 aromatic heterocycles. The molecule has 1 aromatic rings. The molecule has 0 saturated heterocycles. The molecule has 1 fully saturated rings. The molecule has 2 rings (SSSR count). The van der Waals surface area contributed by atoms with Gasteiger partial charge in [0.25, 0.3) is 0 Å². The molecule has 0 aromatic carbocycles. The average Bonchev–Trinajstić information content (AvgIpc) is 2.81. The van der Waals surface area contributed by atoms with Crippen LogP contribution in [0, 0.1) is 6.92 Å². The number of thiophene rings is 1. The van der Waals surface area contributed by atoms with Gasteiger partial charge in [0, 0.05) is 28.6 Å². The third-order valence-corrected chi connectivity index (χ3v) is 6.00. The van der Waals surface area contributed by atoms with E-state index in [2.05, 4.69) is 24.4 Å². The molecule has 0 amide bonds. The van der Waals surface area contributed by atoms with E-state index < -0.39 is 9.84 Å². The molecule has 96 valence electrons. The summed E-state index contributed by atoms with van der Waals surface area (Å²) in [6.45, 7) is 2.87. The summed E-state index contributed by atoms with van der Waals surface area (Å²) in [6.07, 6.45) is 4.15. The van der Waals surface area contributed by atoms with Gasteiger partial charge in [-0.25, -0.2) is 8.42 Å². The molecular weight excluding hydrogens is 254 g/mol. The van der Waals surface area contributed by atoms with E-state index in [-0.39, 0.29) is 11.3 Å². The van der Waals surface area contributed by atoms with Crippen molar-refractivity contribution in [1.82, 2.24) is 5.32 Å². The van der Waals surface area contributed by atoms with Gasteiger partial charge in [-0.3, -0.25) is 0 Å². The molecule has 2 unspecified atom stereocenters. The zero-order valence-electron chi connectivity index (χ0n) is 10.3. The van der Waals surface area contributed by atoms with Crippen LogP contribution in [-0.4, -0.2) is 26.0 Å². The Morgan fingerprint density at radius 1 is 1.41 bits per heavy atom. The first kappa shape index (κ1) is 13.1. The summed E-state index contributed by atoms with van der Waals surface area (Å²) in [7, 11) is -2.91. The van der Waals surface area contributed by atoms with Gasteiger partial charge in [0.1, 0.15) is 0 Å². The van der Waals surface area contributed by atoms with E-state index in [0.717, 1.165) is 25.8 Å². The van der Waals surface area contributed by atoms with Crippen molar-refractivity contribution >= 4 is 21.2 Å². The Labute approximate surface area is 107 Å². The lowest BCUT2D eigenvalue weighted by atomic mass is 10.2. The molecule has 0 aliphatic heterocycles. The molecular formula is C12H19NO2S2. The first-order valence-corrected chi connectivity index (χ1v) is 8.71. The van der Waals surface area contributed by atoms with Gasteiger partial charge in [-0.1, -0.05) is 6.42 Å². The molecule has 0 bridgehead atoms. The highest BCUT2D eigenvalue weighted by Gasteiger charge is 2.34. The fraction of sp³-hybridized carbons (Fsp3) is 0.667. The Balaban J connectivity index is 1.95. The van der Waals surface area contributed by atoms with Crippen LogP contribution in [0.25, 0.3) is 0 Å². The number of sulfone groups is 1. The minimum Gasteiger partial charge on any atom is -0.308 e. The zero-order chi connectivity index (χ0) is 12.5. The first-order valence-electron chi connectivity index (χ1n) is 5.94. The molecule has 1 aliphatic carbocycles. The van der Waals surface area contributed by atoms with Crippen LogP contribution < -0.4 is 5.32 Å². The van der Waals surface area contributed by atoms with Crippen molar-refractivity contribution in [2.45, 2.75) is 44.0 Å². The average molecular weight is 273 g/mol. The van der Waals surface area contributed by atoms with Crippen LogP contribution in [0.3, 0.4) is 0 Å². The zero-order valence-corrected chi connectivity index (χ0v) is 11.9. The van der Waals surface area contributed by atoms with Crippen molar-refractivity contribution in [2.24, 2.45) is 0 Å². The van der Waals surface area contributed by atoms with E-state index in [4.69, 9.17) is 0 Å². The fourth-order valence-corrected chi connectivity index (χ4v) is 4.75. The van der Waals surface area contributed by atoms with Gasteiger partial charge in [-0.05, 0) is 31.9 Å². The third-order valence-electron chi connectivity index (χ3n) is 3.34. The van der Waals surface area contributed by atoms with E-state index in [9.17, 15) is 8.42 Å². The van der Waals surface area contributed by atoms with Crippen LogP contribution in [0.15, 0.2) is 12.1 Å². The van der Waals surface area contributed by atoms with E-state index in [1.54, 1.807) is 11.3 Å². The van der Waals surface area contributed by atoms with Crippen LogP contribution in [0.1, 0.15) is 29.0 Å². The summed E-state index contributed by atoms with van der Waals surface area (Å²) in [5.41, 5.74) is 0. The van der Waals surface area contributed by atoms with E-state index >= 15 is 0 Å². The van der Waals surface area contributed by atoms with Gasteiger partial charge in [0.15, 0.2) is 9.84 Å². The van der Waals surface area contributed by atoms with Gasteiger partial charge >= 0.3 is 0 Å². The van der Waals surface area contributed by atoms with Crippen LogP contribution in [0.5, 0.6) is 0 Å². The smallest absolute Gasteiger partial charge is 0.151 e. The van der Waals surface area contributed by atoms with E-state index in [1.807, 2.05) is 0 Å². The second-order valence-corrected chi connectivity index (χ2v) is 8.44. The molecule has 0 spiro atoms. The second kappa shape index (κ2) is 5.08. The third kappa shape index (κ3) is 3.30. The van der Waals surface area contributed by atoms with Gasteiger partial charge in [-0.2, -0.15) is 0 Å². The van der Waals surface area contributed by atoms with E-state index in [1.165, 1.54) is 16.0 Å². The largest absolute Gasteiger partial charge is 0.308 e. The Kier molecular flexibility index (Phi) is 3.90. The Morgan fingerprint density at radius 2 is 2.18 bits per heavy atom. The fourth-order valence-electron chi connectivity index (χ4n) is 2.48. The predicted molar refractivity (Wildman–Crippen MR) is 72.2 cm³/mol. The van der Waals surface area contributed by atoms with E-state index in [0.29, 0.717) is 0 Å². The van der Waals surface area contributed by atoms with Crippen molar-refractivity contribution < 1.29 is 8.42 Å². The highest BCUT2D eigenvalue weighted by Crippen LogP contribution is 2.25. The maximum absolute atomic E-state index is 11.6. The van der Waals surface area contributed by atoms with Crippen LogP contribution >= 0.6 is 11.3 Å². The van der Waals surface area contributed by atoms with Crippen molar-refractivity contribution in [3.05, 3.63) is 21.9 Å². The monoisotopic (exact) mass is 273 g/mol. The summed E-state index contributed by atoms with van der Waals surface area (Å²) < 4.78 is 23.2. The summed E-state index contributed by atoms with van der Waals surface area (Å²) >= 11 is 1.77. The topological polar surface area (TPSA) is 46.2 Å². The number of hydrogen-bond acceptors (Lipinski definition) is 4. The molecule has 5 heteroatoms. The first-order chi connectivity index (χ1) is 7.97. The highest BCUT2D eigenvalue weighted by atomic mass is 32.2. The van der Waals surface area contributed by atoms with Gasteiger partial charge in [0.2, 0.25) is 0 Å². The lowest BCUT2D eigenvalue weighted by Crippen LogP contribution is -2.39. The minimum absolute atomic E-state index is 0.132. The normalized spacial score (nSPS) is 25.3. The Hall–Kier alpha value is -0.390. The predicted octanol–water partition coefficient (Wildman–Crippen LogP) is 2.11. The lowest BCUT2D eigenvalue weighted by molar-refractivity contribution is 0.509. The highest BCUT2D eigenvalue weighted by molar-refractivity contribution is 7.91. The number of aryl methyl sites for hydroxylation is 1. The molecule has 1 N–H and O–H groups in total. The van der Waals surface area contributed by atoms with Crippen molar-refractivity contribution in [3.63, 3.8) is 0 Å². The molecule has 2 atom stereocenters. The molecule has 1 saturated carbocycles.